The third-order valence-corrected chi connectivity index (χ3v) is 4.12. The SMILES string of the molecule is Cc1ccc(-c2nc3ccc(Cl)nc3n2Cc2ccccn2)cc1. The smallest absolute Gasteiger partial charge is 0.162 e. The van der Waals surface area contributed by atoms with E-state index in [1.54, 1.807) is 12.3 Å². The number of hydrogen-bond acceptors (Lipinski definition) is 3. The predicted octanol–water partition coefficient (Wildman–Crippen LogP) is 4.50. The fourth-order valence-electron chi connectivity index (χ4n) is 2.71. The third-order valence-electron chi connectivity index (χ3n) is 3.91. The first kappa shape index (κ1) is 14.8. The standard InChI is InChI=1S/C19H15ClN4/c1-13-5-7-14(8-6-13)18-22-16-9-10-17(20)23-19(16)24(18)12-15-4-2-3-11-21-15/h2-11H,12H2,1H3. The molecule has 0 N–H and O–H groups in total. The number of imidazole rings is 1. The van der Waals surface area contributed by atoms with Gasteiger partial charge in [-0.3, -0.25) is 4.98 Å². The largest absolute Gasteiger partial charge is 0.303 e. The number of halogens is 1. The van der Waals surface area contributed by atoms with Gasteiger partial charge in [0.2, 0.25) is 0 Å². The van der Waals surface area contributed by atoms with Crippen LogP contribution in [0.5, 0.6) is 0 Å². The van der Waals surface area contributed by atoms with Crippen LogP contribution in [0.15, 0.2) is 60.8 Å². The van der Waals surface area contributed by atoms with Crippen LogP contribution in [-0.4, -0.2) is 19.5 Å². The third kappa shape index (κ3) is 2.76. The highest BCUT2D eigenvalue weighted by Crippen LogP contribution is 2.26. The van der Waals surface area contributed by atoms with Crippen LogP contribution < -0.4 is 0 Å². The maximum Gasteiger partial charge on any atom is 0.162 e. The molecule has 118 valence electrons. The van der Waals surface area contributed by atoms with E-state index in [1.165, 1.54) is 5.56 Å². The van der Waals surface area contributed by atoms with Crippen molar-refractivity contribution in [2.24, 2.45) is 0 Å². The summed E-state index contributed by atoms with van der Waals surface area (Å²) in [6.07, 6.45) is 1.79. The van der Waals surface area contributed by atoms with Crippen LogP contribution in [0.3, 0.4) is 0 Å². The first-order valence-corrected chi connectivity index (χ1v) is 8.08. The van der Waals surface area contributed by atoms with E-state index in [2.05, 4.69) is 45.7 Å². The topological polar surface area (TPSA) is 43.6 Å². The zero-order valence-corrected chi connectivity index (χ0v) is 13.9. The second kappa shape index (κ2) is 6.06. The zero-order chi connectivity index (χ0) is 16.5. The lowest BCUT2D eigenvalue weighted by atomic mass is 10.1. The maximum absolute atomic E-state index is 6.10. The Hall–Kier alpha value is -2.72. The zero-order valence-electron chi connectivity index (χ0n) is 13.1. The monoisotopic (exact) mass is 334 g/mol. The molecular formula is C19H15ClN4. The number of aromatic nitrogens is 4. The van der Waals surface area contributed by atoms with E-state index < -0.39 is 0 Å². The molecule has 3 aromatic heterocycles. The summed E-state index contributed by atoms with van der Waals surface area (Å²) in [6.45, 7) is 2.66. The van der Waals surface area contributed by atoms with Gasteiger partial charge in [0.25, 0.3) is 0 Å². The van der Waals surface area contributed by atoms with Gasteiger partial charge in [0.1, 0.15) is 16.5 Å². The van der Waals surface area contributed by atoms with E-state index in [0.717, 1.165) is 28.2 Å². The van der Waals surface area contributed by atoms with Crippen molar-refractivity contribution in [3.8, 4) is 11.4 Å². The molecule has 0 aliphatic carbocycles. The van der Waals surface area contributed by atoms with Crippen LogP contribution in [0.4, 0.5) is 0 Å². The number of pyridine rings is 2. The number of hydrogen-bond donors (Lipinski definition) is 0. The van der Waals surface area contributed by atoms with Gasteiger partial charge in [-0.25, -0.2) is 9.97 Å². The molecule has 0 aliphatic rings. The van der Waals surface area contributed by atoms with Crippen molar-refractivity contribution < 1.29 is 0 Å². The Bertz CT molecular complexity index is 991. The van der Waals surface area contributed by atoms with Crippen LogP contribution in [0.2, 0.25) is 5.15 Å². The van der Waals surface area contributed by atoms with Gasteiger partial charge in [-0.2, -0.15) is 0 Å². The first-order valence-electron chi connectivity index (χ1n) is 7.70. The van der Waals surface area contributed by atoms with Crippen molar-refractivity contribution in [2.75, 3.05) is 0 Å². The number of rotatable bonds is 3. The van der Waals surface area contributed by atoms with Crippen LogP contribution >= 0.6 is 11.6 Å². The quantitative estimate of drug-likeness (QED) is 0.518. The molecule has 3 heterocycles. The Labute approximate surface area is 144 Å². The minimum atomic E-state index is 0.458. The van der Waals surface area contributed by atoms with Crippen molar-refractivity contribution in [2.45, 2.75) is 13.5 Å². The van der Waals surface area contributed by atoms with Gasteiger partial charge in [-0.1, -0.05) is 47.5 Å². The Morgan fingerprint density at radius 2 is 1.79 bits per heavy atom. The average Bonchev–Trinajstić information content (AvgIpc) is 2.94. The normalized spacial score (nSPS) is 11.1. The molecule has 5 heteroatoms. The lowest BCUT2D eigenvalue weighted by Crippen LogP contribution is -2.04. The minimum Gasteiger partial charge on any atom is -0.303 e. The molecule has 0 atom stereocenters. The molecule has 0 aliphatic heterocycles. The van der Waals surface area contributed by atoms with E-state index in [-0.39, 0.29) is 0 Å². The van der Waals surface area contributed by atoms with E-state index in [1.807, 2.05) is 24.3 Å². The van der Waals surface area contributed by atoms with E-state index >= 15 is 0 Å². The average molecular weight is 335 g/mol. The maximum atomic E-state index is 6.10. The van der Waals surface area contributed by atoms with Crippen LogP contribution in [-0.2, 0) is 6.54 Å². The van der Waals surface area contributed by atoms with E-state index in [9.17, 15) is 0 Å². The fraction of sp³-hybridized carbons (Fsp3) is 0.105. The number of fused-ring (bicyclic) bond motifs is 1. The van der Waals surface area contributed by atoms with E-state index in [4.69, 9.17) is 16.6 Å². The molecule has 0 radical (unpaired) electrons. The van der Waals surface area contributed by atoms with E-state index in [0.29, 0.717) is 11.7 Å². The Morgan fingerprint density at radius 1 is 0.958 bits per heavy atom. The summed E-state index contributed by atoms with van der Waals surface area (Å²) in [7, 11) is 0. The summed E-state index contributed by atoms with van der Waals surface area (Å²) < 4.78 is 2.06. The van der Waals surface area contributed by atoms with Gasteiger partial charge in [0.15, 0.2) is 5.65 Å². The summed E-state index contributed by atoms with van der Waals surface area (Å²) in [5.74, 6) is 0.866. The molecule has 4 nitrogen and oxygen atoms in total. The Balaban J connectivity index is 1.91. The molecule has 0 amide bonds. The van der Waals surface area contributed by atoms with Gasteiger partial charge >= 0.3 is 0 Å². The minimum absolute atomic E-state index is 0.458. The summed E-state index contributed by atoms with van der Waals surface area (Å²) in [5.41, 5.74) is 4.81. The molecule has 0 fully saturated rings. The summed E-state index contributed by atoms with van der Waals surface area (Å²) in [4.78, 5) is 13.7. The highest BCUT2D eigenvalue weighted by Gasteiger charge is 2.15. The second-order valence-corrected chi connectivity index (χ2v) is 6.07. The molecule has 4 aromatic rings. The molecule has 24 heavy (non-hydrogen) atoms. The van der Waals surface area contributed by atoms with Gasteiger partial charge in [-0.15, -0.1) is 0 Å². The van der Waals surface area contributed by atoms with Crippen LogP contribution in [0, 0.1) is 6.92 Å². The lowest BCUT2D eigenvalue weighted by Gasteiger charge is -2.09. The summed E-state index contributed by atoms with van der Waals surface area (Å²) in [6, 6.07) is 17.9. The molecule has 0 unspecified atom stereocenters. The lowest BCUT2D eigenvalue weighted by molar-refractivity contribution is 0.797. The highest BCUT2D eigenvalue weighted by atomic mass is 35.5. The summed E-state index contributed by atoms with van der Waals surface area (Å²) >= 11 is 6.10. The molecular weight excluding hydrogens is 320 g/mol. The molecule has 1 aromatic carbocycles. The molecule has 0 bridgehead atoms. The number of aryl methyl sites for hydroxylation is 1. The second-order valence-electron chi connectivity index (χ2n) is 5.69. The number of benzene rings is 1. The molecule has 4 rings (SSSR count). The van der Waals surface area contributed by atoms with Crippen molar-refractivity contribution in [1.82, 2.24) is 19.5 Å². The van der Waals surface area contributed by atoms with Gasteiger partial charge in [0, 0.05) is 11.8 Å². The van der Waals surface area contributed by atoms with Crippen molar-refractivity contribution in [1.29, 1.82) is 0 Å². The number of nitrogens with zero attached hydrogens (tertiary/aromatic N) is 4. The van der Waals surface area contributed by atoms with Gasteiger partial charge in [0.05, 0.1) is 12.2 Å². The van der Waals surface area contributed by atoms with Crippen LogP contribution in [0.25, 0.3) is 22.6 Å². The van der Waals surface area contributed by atoms with Crippen molar-refractivity contribution in [3.05, 3.63) is 77.2 Å². The Morgan fingerprint density at radius 3 is 2.54 bits per heavy atom. The van der Waals surface area contributed by atoms with Gasteiger partial charge in [-0.05, 0) is 31.2 Å². The molecule has 0 saturated carbocycles. The molecule has 0 spiro atoms. The molecule has 0 saturated heterocycles. The van der Waals surface area contributed by atoms with Crippen molar-refractivity contribution >= 4 is 22.8 Å². The summed E-state index contributed by atoms with van der Waals surface area (Å²) in [5, 5.41) is 0.458. The first-order chi connectivity index (χ1) is 11.7. The van der Waals surface area contributed by atoms with Crippen LogP contribution in [0.1, 0.15) is 11.3 Å². The predicted molar refractivity (Wildman–Crippen MR) is 96.1 cm³/mol. The van der Waals surface area contributed by atoms with Crippen molar-refractivity contribution in [3.63, 3.8) is 0 Å². The highest BCUT2D eigenvalue weighted by molar-refractivity contribution is 6.29. The fourth-order valence-corrected chi connectivity index (χ4v) is 2.85. The Kier molecular flexibility index (Phi) is 3.75. The van der Waals surface area contributed by atoms with Gasteiger partial charge < -0.3 is 4.57 Å².